The fraction of sp³-hybridized carbons (Fsp3) is 0.222. The van der Waals surface area contributed by atoms with Gasteiger partial charge in [-0.2, -0.15) is 5.26 Å². The molecule has 1 aromatic heterocycles. The van der Waals surface area contributed by atoms with E-state index in [1.165, 1.54) is 6.92 Å². The van der Waals surface area contributed by atoms with Crippen LogP contribution in [0.1, 0.15) is 33.6 Å². The van der Waals surface area contributed by atoms with Gasteiger partial charge in [-0.05, 0) is 6.92 Å². The van der Waals surface area contributed by atoms with Gasteiger partial charge >= 0.3 is 5.97 Å². The normalized spacial score (nSPS) is 10.1. The number of hydrogen-bond donors (Lipinski definition) is 1. The summed E-state index contributed by atoms with van der Waals surface area (Å²) >= 11 is 0. The summed E-state index contributed by atoms with van der Waals surface area (Å²) in [5.74, 6) is -1.34. The molecule has 1 heterocycles. The Kier molecular flexibility index (Phi) is 2.95. The van der Waals surface area contributed by atoms with E-state index in [-0.39, 0.29) is 16.8 Å². The summed E-state index contributed by atoms with van der Waals surface area (Å²) < 4.78 is 24.8. The SMILES string of the molecule is Cc1c(C(=O)O)ncc(C(F)F)c1C#N. The van der Waals surface area contributed by atoms with Crippen molar-refractivity contribution in [2.45, 2.75) is 13.3 Å². The van der Waals surface area contributed by atoms with Gasteiger partial charge < -0.3 is 5.11 Å². The molecule has 1 aromatic rings. The number of nitriles is 1. The third-order valence-corrected chi connectivity index (χ3v) is 1.90. The van der Waals surface area contributed by atoms with Gasteiger partial charge in [0.2, 0.25) is 0 Å². The molecule has 0 aromatic carbocycles. The number of aromatic carboxylic acids is 1. The number of carbonyl (C=O) groups is 1. The third kappa shape index (κ3) is 1.91. The Bertz CT molecular complexity index is 452. The second-order valence-electron chi connectivity index (χ2n) is 2.78. The Morgan fingerprint density at radius 1 is 1.67 bits per heavy atom. The van der Waals surface area contributed by atoms with E-state index in [1.54, 1.807) is 6.07 Å². The molecule has 4 nitrogen and oxygen atoms in total. The van der Waals surface area contributed by atoms with E-state index in [4.69, 9.17) is 10.4 Å². The van der Waals surface area contributed by atoms with E-state index in [0.717, 1.165) is 6.20 Å². The number of alkyl halides is 2. The average Bonchev–Trinajstić information content (AvgIpc) is 2.16. The molecule has 0 saturated heterocycles. The summed E-state index contributed by atoms with van der Waals surface area (Å²) in [4.78, 5) is 14.0. The van der Waals surface area contributed by atoms with E-state index in [9.17, 15) is 13.6 Å². The Labute approximate surface area is 83.8 Å². The van der Waals surface area contributed by atoms with Crippen molar-refractivity contribution in [1.29, 1.82) is 5.26 Å². The van der Waals surface area contributed by atoms with Crippen LogP contribution >= 0.6 is 0 Å². The Hall–Kier alpha value is -2.03. The van der Waals surface area contributed by atoms with Gasteiger partial charge in [-0.3, -0.25) is 0 Å². The zero-order valence-electron chi connectivity index (χ0n) is 7.66. The summed E-state index contributed by atoms with van der Waals surface area (Å²) in [7, 11) is 0. The smallest absolute Gasteiger partial charge is 0.354 e. The predicted octanol–water partition coefficient (Wildman–Crippen LogP) is 1.90. The van der Waals surface area contributed by atoms with Crippen LogP contribution in [-0.4, -0.2) is 16.1 Å². The molecule has 0 saturated carbocycles. The second-order valence-corrected chi connectivity index (χ2v) is 2.78. The van der Waals surface area contributed by atoms with Crippen LogP contribution in [0.25, 0.3) is 0 Å². The van der Waals surface area contributed by atoms with Crippen LogP contribution in [0.4, 0.5) is 8.78 Å². The number of aromatic nitrogens is 1. The molecular weight excluding hydrogens is 206 g/mol. The van der Waals surface area contributed by atoms with Gasteiger partial charge in [0.1, 0.15) is 6.07 Å². The van der Waals surface area contributed by atoms with Crippen LogP contribution in [-0.2, 0) is 0 Å². The molecule has 0 aliphatic heterocycles. The highest BCUT2D eigenvalue weighted by molar-refractivity contribution is 5.87. The van der Waals surface area contributed by atoms with Crippen LogP contribution in [0.2, 0.25) is 0 Å². The Balaban J connectivity index is 3.48. The molecule has 0 atom stereocenters. The van der Waals surface area contributed by atoms with Gasteiger partial charge in [-0.25, -0.2) is 18.6 Å². The highest BCUT2D eigenvalue weighted by Gasteiger charge is 2.20. The Morgan fingerprint density at radius 3 is 2.67 bits per heavy atom. The fourth-order valence-corrected chi connectivity index (χ4v) is 1.16. The van der Waals surface area contributed by atoms with Gasteiger partial charge in [0.25, 0.3) is 6.43 Å². The summed E-state index contributed by atoms with van der Waals surface area (Å²) in [6, 6.07) is 1.56. The lowest BCUT2D eigenvalue weighted by atomic mass is 10.0. The van der Waals surface area contributed by atoms with Crippen molar-refractivity contribution in [1.82, 2.24) is 4.98 Å². The van der Waals surface area contributed by atoms with E-state index < -0.39 is 18.0 Å². The topological polar surface area (TPSA) is 74.0 Å². The maximum atomic E-state index is 12.4. The van der Waals surface area contributed by atoms with Crippen molar-refractivity contribution in [3.8, 4) is 6.07 Å². The fourth-order valence-electron chi connectivity index (χ4n) is 1.16. The summed E-state index contributed by atoms with van der Waals surface area (Å²) in [5, 5.41) is 17.3. The number of rotatable bonds is 2. The molecular formula is C9H6F2N2O2. The minimum atomic E-state index is -2.84. The minimum Gasteiger partial charge on any atom is -0.477 e. The molecule has 15 heavy (non-hydrogen) atoms. The molecule has 0 amide bonds. The quantitative estimate of drug-likeness (QED) is 0.812. The highest BCUT2D eigenvalue weighted by atomic mass is 19.3. The first-order valence-corrected chi connectivity index (χ1v) is 3.90. The molecule has 0 unspecified atom stereocenters. The number of pyridine rings is 1. The van der Waals surface area contributed by atoms with Crippen LogP contribution in [0, 0.1) is 18.3 Å². The maximum absolute atomic E-state index is 12.4. The van der Waals surface area contributed by atoms with E-state index in [0.29, 0.717) is 0 Å². The van der Waals surface area contributed by atoms with Gasteiger partial charge in [0.15, 0.2) is 5.69 Å². The summed E-state index contributed by atoms with van der Waals surface area (Å²) in [6.45, 7) is 1.28. The van der Waals surface area contributed by atoms with E-state index in [1.807, 2.05) is 0 Å². The number of carboxylic acid groups (broad SMARTS) is 1. The van der Waals surface area contributed by atoms with Crippen molar-refractivity contribution in [2.24, 2.45) is 0 Å². The van der Waals surface area contributed by atoms with Crippen molar-refractivity contribution in [3.63, 3.8) is 0 Å². The van der Waals surface area contributed by atoms with Crippen LogP contribution in [0.15, 0.2) is 6.20 Å². The first kappa shape index (κ1) is 11.0. The van der Waals surface area contributed by atoms with Gasteiger partial charge in [-0.15, -0.1) is 0 Å². The number of hydrogen-bond acceptors (Lipinski definition) is 3. The number of nitrogens with zero attached hydrogens (tertiary/aromatic N) is 2. The largest absolute Gasteiger partial charge is 0.477 e. The van der Waals surface area contributed by atoms with Crippen LogP contribution in [0.3, 0.4) is 0 Å². The minimum absolute atomic E-state index is 0.0391. The molecule has 1 N–H and O–H groups in total. The monoisotopic (exact) mass is 212 g/mol. The predicted molar refractivity (Wildman–Crippen MR) is 45.6 cm³/mol. The van der Waals surface area contributed by atoms with Gasteiger partial charge in [0.05, 0.1) is 11.1 Å². The van der Waals surface area contributed by atoms with Crippen LogP contribution in [0.5, 0.6) is 0 Å². The maximum Gasteiger partial charge on any atom is 0.354 e. The molecule has 6 heteroatoms. The van der Waals surface area contributed by atoms with Crippen molar-refractivity contribution in [2.75, 3.05) is 0 Å². The lowest BCUT2D eigenvalue weighted by Gasteiger charge is -2.06. The first-order valence-electron chi connectivity index (χ1n) is 3.90. The third-order valence-electron chi connectivity index (χ3n) is 1.90. The number of carboxylic acids is 1. The Morgan fingerprint density at radius 2 is 2.27 bits per heavy atom. The van der Waals surface area contributed by atoms with E-state index in [2.05, 4.69) is 4.98 Å². The summed E-state index contributed by atoms with van der Waals surface area (Å²) in [6.07, 6.45) is -2.12. The molecule has 0 radical (unpaired) electrons. The molecule has 78 valence electrons. The second kappa shape index (κ2) is 4.00. The lowest BCUT2D eigenvalue weighted by Crippen LogP contribution is -2.07. The average molecular weight is 212 g/mol. The standard InChI is InChI=1S/C9H6F2N2O2/c1-4-5(2-12)6(8(10)11)3-13-7(4)9(14)15/h3,8H,1H3,(H,14,15). The van der Waals surface area contributed by atoms with E-state index >= 15 is 0 Å². The zero-order chi connectivity index (χ0) is 11.6. The molecule has 0 fully saturated rings. The highest BCUT2D eigenvalue weighted by Crippen LogP contribution is 2.25. The molecule has 0 bridgehead atoms. The number of halogens is 2. The molecule has 1 rings (SSSR count). The molecule has 0 spiro atoms. The first-order chi connectivity index (χ1) is 6.99. The van der Waals surface area contributed by atoms with Gasteiger partial charge in [-0.1, -0.05) is 0 Å². The molecule has 0 aliphatic carbocycles. The lowest BCUT2D eigenvalue weighted by molar-refractivity contribution is 0.0688. The van der Waals surface area contributed by atoms with Gasteiger partial charge in [0, 0.05) is 11.8 Å². The van der Waals surface area contributed by atoms with Crippen LogP contribution < -0.4 is 0 Å². The zero-order valence-corrected chi connectivity index (χ0v) is 7.66. The van der Waals surface area contributed by atoms with Crippen molar-refractivity contribution in [3.05, 3.63) is 28.6 Å². The summed E-state index contributed by atoms with van der Waals surface area (Å²) in [5.41, 5.74) is -1.28. The molecule has 0 aliphatic rings. The van der Waals surface area contributed by atoms with Crippen molar-refractivity contribution < 1.29 is 18.7 Å². The van der Waals surface area contributed by atoms with Crippen molar-refractivity contribution >= 4 is 5.97 Å².